The molecule has 3 amide bonds. The SMILES string of the molecule is CCCCn1nnnc1COC(=O)CN1C(=O)NC2(CCC(C(C)(C)C)CC2)C1=O. The van der Waals surface area contributed by atoms with Crippen LogP contribution in [0.1, 0.15) is 72.0 Å². The van der Waals surface area contributed by atoms with Gasteiger partial charge in [-0.3, -0.25) is 14.5 Å². The van der Waals surface area contributed by atoms with Crippen molar-refractivity contribution in [2.24, 2.45) is 11.3 Å². The summed E-state index contributed by atoms with van der Waals surface area (Å²) in [6.45, 7) is 8.79. The van der Waals surface area contributed by atoms with Crippen molar-refractivity contribution in [2.75, 3.05) is 6.54 Å². The van der Waals surface area contributed by atoms with Crippen molar-refractivity contribution in [3.05, 3.63) is 5.82 Å². The Morgan fingerprint density at radius 2 is 1.97 bits per heavy atom. The lowest BCUT2D eigenvalue weighted by Crippen LogP contribution is -2.50. The van der Waals surface area contributed by atoms with E-state index in [2.05, 4.69) is 48.5 Å². The lowest BCUT2D eigenvalue weighted by molar-refractivity contribution is -0.149. The van der Waals surface area contributed by atoms with Gasteiger partial charge in [0.15, 0.2) is 12.4 Å². The van der Waals surface area contributed by atoms with Crippen LogP contribution in [0.4, 0.5) is 4.79 Å². The van der Waals surface area contributed by atoms with Gasteiger partial charge in [-0.25, -0.2) is 9.48 Å². The first-order chi connectivity index (χ1) is 14.2. The molecule has 2 fully saturated rings. The lowest BCUT2D eigenvalue weighted by atomic mass is 9.67. The van der Waals surface area contributed by atoms with Crippen LogP contribution < -0.4 is 5.32 Å². The Morgan fingerprint density at radius 3 is 2.60 bits per heavy atom. The number of carbonyl (C=O) groups is 3. The van der Waals surface area contributed by atoms with E-state index in [0.29, 0.717) is 31.1 Å². The largest absolute Gasteiger partial charge is 0.456 e. The van der Waals surface area contributed by atoms with Gasteiger partial charge in [-0.05, 0) is 53.9 Å². The van der Waals surface area contributed by atoms with E-state index in [9.17, 15) is 14.4 Å². The molecule has 1 N–H and O–H groups in total. The molecule has 1 saturated heterocycles. The first-order valence-electron chi connectivity index (χ1n) is 10.7. The van der Waals surface area contributed by atoms with Crippen LogP contribution in [0.25, 0.3) is 0 Å². The van der Waals surface area contributed by atoms with E-state index in [1.807, 2.05) is 0 Å². The zero-order chi connectivity index (χ0) is 21.9. The number of aromatic nitrogens is 4. The molecule has 30 heavy (non-hydrogen) atoms. The molecule has 2 aliphatic rings. The Labute approximate surface area is 176 Å². The van der Waals surface area contributed by atoms with E-state index in [0.717, 1.165) is 30.6 Å². The summed E-state index contributed by atoms with van der Waals surface area (Å²) in [6, 6.07) is -0.529. The zero-order valence-corrected chi connectivity index (χ0v) is 18.3. The van der Waals surface area contributed by atoms with Crippen LogP contribution >= 0.6 is 0 Å². The number of hydrogen-bond acceptors (Lipinski definition) is 7. The van der Waals surface area contributed by atoms with Gasteiger partial charge in [0.05, 0.1) is 0 Å². The molecule has 3 rings (SSSR count). The fourth-order valence-corrected chi connectivity index (χ4v) is 4.26. The summed E-state index contributed by atoms with van der Waals surface area (Å²) in [6.07, 6.45) is 4.83. The Morgan fingerprint density at radius 1 is 1.27 bits per heavy atom. The monoisotopic (exact) mass is 420 g/mol. The third-order valence-corrected chi connectivity index (χ3v) is 6.29. The van der Waals surface area contributed by atoms with Gasteiger partial charge in [-0.15, -0.1) is 5.10 Å². The number of tetrazole rings is 1. The summed E-state index contributed by atoms with van der Waals surface area (Å²) >= 11 is 0. The molecule has 0 bridgehead atoms. The molecule has 2 heterocycles. The van der Waals surface area contributed by atoms with Gasteiger partial charge in [0, 0.05) is 6.54 Å². The van der Waals surface area contributed by atoms with Crippen LogP contribution in [0.5, 0.6) is 0 Å². The minimum atomic E-state index is -0.886. The van der Waals surface area contributed by atoms with Crippen LogP contribution in [0.3, 0.4) is 0 Å². The van der Waals surface area contributed by atoms with E-state index in [1.54, 1.807) is 4.68 Å². The van der Waals surface area contributed by atoms with Crippen LogP contribution in [-0.4, -0.2) is 55.1 Å². The predicted octanol–water partition coefficient (Wildman–Crippen LogP) is 2.04. The Hall–Kier alpha value is -2.52. The molecular weight excluding hydrogens is 388 g/mol. The number of unbranched alkanes of at least 4 members (excludes halogenated alkanes) is 1. The van der Waals surface area contributed by atoms with Crippen LogP contribution in [-0.2, 0) is 27.5 Å². The van der Waals surface area contributed by atoms with Gasteiger partial charge in [0.2, 0.25) is 0 Å². The number of nitrogens with one attached hydrogen (secondary N) is 1. The maximum Gasteiger partial charge on any atom is 0.326 e. The van der Waals surface area contributed by atoms with E-state index >= 15 is 0 Å². The number of imide groups is 1. The summed E-state index contributed by atoms with van der Waals surface area (Å²) in [4.78, 5) is 38.7. The minimum absolute atomic E-state index is 0.0996. The molecule has 0 radical (unpaired) electrons. The van der Waals surface area contributed by atoms with Crippen LogP contribution in [0, 0.1) is 11.3 Å². The molecule has 1 saturated carbocycles. The molecule has 1 aliphatic carbocycles. The topological polar surface area (TPSA) is 119 Å². The molecule has 166 valence electrons. The van der Waals surface area contributed by atoms with Crippen molar-refractivity contribution in [3.63, 3.8) is 0 Å². The second-order valence-electron chi connectivity index (χ2n) is 9.38. The number of esters is 1. The summed E-state index contributed by atoms with van der Waals surface area (Å²) in [5.41, 5.74) is -0.716. The Bertz CT molecular complexity index is 791. The van der Waals surface area contributed by atoms with Crippen molar-refractivity contribution in [1.82, 2.24) is 30.4 Å². The maximum atomic E-state index is 13.0. The van der Waals surface area contributed by atoms with Gasteiger partial charge in [-0.2, -0.15) is 0 Å². The number of rotatable bonds is 7. The highest BCUT2D eigenvalue weighted by Crippen LogP contribution is 2.43. The number of urea groups is 1. The fourth-order valence-electron chi connectivity index (χ4n) is 4.26. The molecule has 10 heteroatoms. The van der Waals surface area contributed by atoms with Crippen molar-refractivity contribution >= 4 is 17.9 Å². The molecule has 0 atom stereocenters. The number of ether oxygens (including phenoxy) is 1. The number of hydrogen-bond donors (Lipinski definition) is 1. The normalized spacial score (nSPS) is 24.4. The Balaban J connectivity index is 1.55. The fraction of sp³-hybridized carbons (Fsp3) is 0.800. The quantitative estimate of drug-likeness (QED) is 0.529. The average Bonchev–Trinajstić information content (AvgIpc) is 3.22. The first-order valence-corrected chi connectivity index (χ1v) is 10.7. The standard InChI is InChI=1S/C20H32N6O4/c1-5-6-11-26-15(22-23-24-26)13-30-16(27)12-25-17(28)20(21-18(25)29)9-7-14(8-10-20)19(2,3)4/h14H,5-13H2,1-4H3,(H,21,29). The second kappa shape index (κ2) is 8.69. The smallest absolute Gasteiger partial charge is 0.326 e. The summed E-state index contributed by atoms with van der Waals surface area (Å²) in [5, 5.41) is 14.2. The minimum Gasteiger partial charge on any atom is -0.456 e. The van der Waals surface area contributed by atoms with Crippen molar-refractivity contribution in [1.29, 1.82) is 0 Å². The molecule has 10 nitrogen and oxygen atoms in total. The maximum absolute atomic E-state index is 13.0. The van der Waals surface area contributed by atoms with Crippen molar-refractivity contribution < 1.29 is 19.1 Å². The molecule has 1 aliphatic heterocycles. The number of nitrogens with zero attached hydrogens (tertiary/aromatic N) is 5. The van der Waals surface area contributed by atoms with E-state index in [1.165, 1.54) is 0 Å². The molecule has 1 aromatic rings. The first kappa shape index (κ1) is 22.2. The van der Waals surface area contributed by atoms with Crippen LogP contribution in [0.2, 0.25) is 0 Å². The van der Waals surface area contributed by atoms with E-state index < -0.39 is 24.1 Å². The second-order valence-corrected chi connectivity index (χ2v) is 9.38. The Kier molecular flexibility index (Phi) is 6.42. The highest BCUT2D eigenvalue weighted by atomic mass is 16.5. The number of amides is 3. The van der Waals surface area contributed by atoms with E-state index in [-0.39, 0.29) is 17.9 Å². The predicted molar refractivity (Wildman–Crippen MR) is 107 cm³/mol. The summed E-state index contributed by atoms with van der Waals surface area (Å²) in [7, 11) is 0. The summed E-state index contributed by atoms with van der Waals surface area (Å²) < 4.78 is 6.82. The third kappa shape index (κ3) is 4.62. The molecule has 1 spiro atoms. The number of aryl methyl sites for hydroxylation is 1. The van der Waals surface area contributed by atoms with Gasteiger partial charge < -0.3 is 10.1 Å². The molecule has 0 aromatic carbocycles. The van der Waals surface area contributed by atoms with Gasteiger partial charge in [0.1, 0.15) is 12.1 Å². The van der Waals surface area contributed by atoms with Gasteiger partial charge in [-0.1, -0.05) is 34.1 Å². The zero-order valence-electron chi connectivity index (χ0n) is 18.3. The van der Waals surface area contributed by atoms with Crippen LogP contribution in [0.15, 0.2) is 0 Å². The molecule has 1 aromatic heterocycles. The van der Waals surface area contributed by atoms with E-state index in [4.69, 9.17) is 4.74 Å². The highest BCUT2D eigenvalue weighted by Gasteiger charge is 2.53. The molecule has 0 unspecified atom stereocenters. The molecular formula is C20H32N6O4. The summed E-state index contributed by atoms with van der Waals surface area (Å²) in [5.74, 6) is -0.0509. The number of carbonyl (C=O) groups excluding carboxylic acids is 3. The van der Waals surface area contributed by atoms with Crippen molar-refractivity contribution in [2.45, 2.75) is 84.9 Å². The van der Waals surface area contributed by atoms with Gasteiger partial charge in [0.25, 0.3) is 5.91 Å². The lowest BCUT2D eigenvalue weighted by Gasteiger charge is -2.40. The average molecular weight is 421 g/mol. The third-order valence-electron chi connectivity index (χ3n) is 6.29. The van der Waals surface area contributed by atoms with Gasteiger partial charge >= 0.3 is 12.0 Å². The van der Waals surface area contributed by atoms with Crippen molar-refractivity contribution in [3.8, 4) is 0 Å². The highest BCUT2D eigenvalue weighted by molar-refractivity contribution is 6.08.